The number of hydrogen-bond acceptors (Lipinski definition) is 5. The van der Waals surface area contributed by atoms with Crippen LogP contribution in [0, 0.1) is 0 Å². The predicted molar refractivity (Wildman–Crippen MR) is 126 cm³/mol. The average Bonchev–Trinajstić information content (AvgIpc) is 3.35. The fraction of sp³-hybridized carbons (Fsp3) is 0.261. The third-order valence-electron chi connectivity index (χ3n) is 5.29. The smallest absolute Gasteiger partial charge is 0.257 e. The molecular formula is C23H23ClN2O4S2. The average molecular weight is 491 g/mol. The lowest BCUT2D eigenvalue weighted by Crippen LogP contribution is -2.46. The first-order valence-corrected chi connectivity index (χ1v) is 13.0. The minimum atomic E-state index is -3.51. The van der Waals surface area contributed by atoms with Crippen molar-refractivity contribution in [1.82, 2.24) is 9.62 Å². The molecule has 1 aromatic heterocycles. The number of sulfonamides is 1. The Balaban J connectivity index is 1.36. The van der Waals surface area contributed by atoms with Crippen LogP contribution in [0.4, 0.5) is 0 Å². The fourth-order valence-electron chi connectivity index (χ4n) is 3.58. The van der Waals surface area contributed by atoms with E-state index in [0.717, 1.165) is 5.56 Å². The Kier molecular flexibility index (Phi) is 7.15. The Bertz CT molecular complexity index is 1160. The molecule has 0 spiro atoms. The van der Waals surface area contributed by atoms with Gasteiger partial charge in [-0.2, -0.15) is 0 Å². The lowest BCUT2D eigenvalue weighted by molar-refractivity contribution is 0.0706. The fourth-order valence-corrected chi connectivity index (χ4v) is 6.02. The summed E-state index contributed by atoms with van der Waals surface area (Å²) < 4.78 is 33.9. The molecule has 0 unspecified atom stereocenters. The highest BCUT2D eigenvalue weighted by atomic mass is 35.5. The first-order valence-electron chi connectivity index (χ1n) is 10.2. The van der Waals surface area contributed by atoms with Crippen LogP contribution in [-0.2, 0) is 16.6 Å². The molecule has 0 bridgehead atoms. The van der Waals surface area contributed by atoms with Crippen molar-refractivity contribution in [2.75, 3.05) is 13.1 Å². The summed E-state index contributed by atoms with van der Waals surface area (Å²) in [6.45, 7) is 1.28. The summed E-state index contributed by atoms with van der Waals surface area (Å²) in [4.78, 5) is 14.9. The van der Waals surface area contributed by atoms with Gasteiger partial charge in [-0.1, -0.05) is 41.9 Å². The molecule has 1 aliphatic heterocycles. The number of amides is 1. The molecule has 2 heterocycles. The molecule has 6 nitrogen and oxygen atoms in total. The minimum Gasteiger partial charge on any atom is -0.488 e. The standard InChI is InChI=1S/C23H23ClN2O4S2/c24-18-9-7-17(8-10-18)16-30-21-5-2-1-4-20(21)23(27)26-13-11-19(12-14-26)25-32(28,29)22-6-3-15-31-22/h1-10,15,19,25H,11-14,16H2. The quantitative estimate of drug-likeness (QED) is 0.526. The van der Waals surface area contributed by atoms with Gasteiger partial charge >= 0.3 is 0 Å². The van der Waals surface area contributed by atoms with Gasteiger partial charge in [-0.3, -0.25) is 4.79 Å². The number of likely N-dealkylation sites (tertiary alicyclic amines) is 1. The molecule has 4 rings (SSSR count). The van der Waals surface area contributed by atoms with Crippen molar-refractivity contribution in [2.24, 2.45) is 0 Å². The predicted octanol–water partition coefficient (Wildman–Crippen LogP) is 4.56. The molecule has 9 heteroatoms. The van der Waals surface area contributed by atoms with Crippen LogP contribution in [0.5, 0.6) is 5.75 Å². The second kappa shape index (κ2) is 10.0. The maximum Gasteiger partial charge on any atom is 0.257 e. The largest absolute Gasteiger partial charge is 0.488 e. The minimum absolute atomic E-state index is 0.115. The monoisotopic (exact) mass is 490 g/mol. The van der Waals surface area contributed by atoms with Gasteiger partial charge in [-0.15, -0.1) is 11.3 Å². The number of rotatable bonds is 7. The van der Waals surface area contributed by atoms with Crippen LogP contribution in [0.1, 0.15) is 28.8 Å². The molecule has 168 valence electrons. The summed E-state index contributed by atoms with van der Waals surface area (Å²) >= 11 is 7.12. The number of halogens is 1. The lowest BCUT2D eigenvalue weighted by Gasteiger charge is -2.32. The van der Waals surface area contributed by atoms with Crippen LogP contribution in [0.15, 0.2) is 70.3 Å². The number of hydrogen-bond donors (Lipinski definition) is 1. The van der Waals surface area contributed by atoms with Gasteiger partial charge < -0.3 is 9.64 Å². The Hall–Kier alpha value is -2.39. The third kappa shape index (κ3) is 5.50. The van der Waals surface area contributed by atoms with Crippen molar-refractivity contribution >= 4 is 38.9 Å². The summed E-state index contributed by atoms with van der Waals surface area (Å²) in [6, 6.07) is 17.7. The number of carbonyl (C=O) groups excluding carboxylic acids is 1. The summed E-state index contributed by atoms with van der Waals surface area (Å²) in [6.07, 6.45) is 1.12. The molecule has 1 N–H and O–H groups in total. The molecule has 3 aromatic rings. The van der Waals surface area contributed by atoms with Crippen molar-refractivity contribution in [2.45, 2.75) is 29.7 Å². The van der Waals surface area contributed by atoms with Crippen molar-refractivity contribution in [3.05, 3.63) is 82.2 Å². The van der Waals surface area contributed by atoms with Gasteiger partial charge in [0.05, 0.1) is 5.56 Å². The van der Waals surface area contributed by atoms with Gasteiger partial charge in [0, 0.05) is 24.2 Å². The van der Waals surface area contributed by atoms with Crippen LogP contribution < -0.4 is 9.46 Å². The zero-order chi connectivity index (χ0) is 22.6. The Morgan fingerprint density at radius 3 is 2.47 bits per heavy atom. The Morgan fingerprint density at radius 1 is 1.06 bits per heavy atom. The second-order valence-electron chi connectivity index (χ2n) is 7.53. The molecule has 1 saturated heterocycles. The summed E-state index contributed by atoms with van der Waals surface area (Å²) in [5.41, 5.74) is 1.45. The summed E-state index contributed by atoms with van der Waals surface area (Å²) in [7, 11) is -3.51. The highest BCUT2D eigenvalue weighted by Gasteiger charge is 2.28. The van der Waals surface area contributed by atoms with Crippen molar-refractivity contribution < 1.29 is 17.9 Å². The van der Waals surface area contributed by atoms with Crippen molar-refractivity contribution in [3.63, 3.8) is 0 Å². The molecular weight excluding hydrogens is 468 g/mol. The number of benzene rings is 2. The van der Waals surface area contributed by atoms with E-state index in [-0.39, 0.29) is 11.9 Å². The molecule has 0 aliphatic carbocycles. The maximum absolute atomic E-state index is 13.1. The molecule has 0 atom stereocenters. The molecule has 0 radical (unpaired) electrons. The van der Waals surface area contributed by atoms with E-state index < -0.39 is 10.0 Å². The third-order valence-corrected chi connectivity index (χ3v) is 8.46. The number of carbonyl (C=O) groups is 1. The summed E-state index contributed by atoms with van der Waals surface area (Å²) in [5.74, 6) is 0.407. The second-order valence-corrected chi connectivity index (χ2v) is 10.9. The first kappa shape index (κ1) is 22.8. The molecule has 1 fully saturated rings. The van der Waals surface area contributed by atoms with Gasteiger partial charge in [0.2, 0.25) is 10.0 Å². The van der Waals surface area contributed by atoms with E-state index >= 15 is 0 Å². The van der Waals surface area contributed by atoms with Gasteiger partial charge in [0.15, 0.2) is 0 Å². The molecule has 1 aliphatic rings. The zero-order valence-corrected chi connectivity index (χ0v) is 19.6. The maximum atomic E-state index is 13.1. The summed E-state index contributed by atoms with van der Waals surface area (Å²) in [5, 5.41) is 2.40. The van der Waals surface area contributed by atoms with E-state index in [4.69, 9.17) is 16.3 Å². The van der Waals surface area contributed by atoms with Crippen molar-refractivity contribution in [1.29, 1.82) is 0 Å². The number of piperidine rings is 1. The van der Waals surface area contributed by atoms with Crippen molar-refractivity contribution in [3.8, 4) is 5.75 Å². The number of nitrogens with one attached hydrogen (secondary N) is 1. The van der Waals surface area contributed by atoms with Crippen LogP contribution in [-0.4, -0.2) is 38.4 Å². The lowest BCUT2D eigenvalue weighted by atomic mass is 10.0. The van der Waals surface area contributed by atoms with Crippen LogP contribution >= 0.6 is 22.9 Å². The Morgan fingerprint density at radius 2 is 1.78 bits per heavy atom. The SMILES string of the molecule is O=C(c1ccccc1OCc1ccc(Cl)cc1)N1CCC(NS(=O)(=O)c2cccs2)CC1. The number of nitrogens with zero attached hydrogens (tertiary/aromatic N) is 1. The number of thiophene rings is 1. The normalized spacial score (nSPS) is 15.0. The Labute approximate surface area is 196 Å². The molecule has 32 heavy (non-hydrogen) atoms. The topological polar surface area (TPSA) is 75.7 Å². The molecule has 1 amide bonds. The van der Waals surface area contributed by atoms with Gasteiger partial charge in [-0.25, -0.2) is 13.1 Å². The number of ether oxygens (including phenoxy) is 1. The van der Waals surface area contributed by atoms with Gasteiger partial charge in [0.25, 0.3) is 5.91 Å². The van der Waals surface area contributed by atoms with E-state index in [1.54, 1.807) is 46.7 Å². The highest BCUT2D eigenvalue weighted by molar-refractivity contribution is 7.91. The van der Waals surface area contributed by atoms with Gasteiger partial charge in [-0.05, 0) is 54.1 Å². The number of para-hydroxylation sites is 1. The van der Waals surface area contributed by atoms with E-state index in [1.165, 1.54) is 11.3 Å². The van der Waals surface area contributed by atoms with E-state index in [0.29, 0.717) is 53.1 Å². The van der Waals surface area contributed by atoms with Crippen LogP contribution in [0.25, 0.3) is 0 Å². The zero-order valence-electron chi connectivity index (χ0n) is 17.2. The van der Waals surface area contributed by atoms with Gasteiger partial charge in [0.1, 0.15) is 16.6 Å². The first-order chi connectivity index (χ1) is 15.4. The van der Waals surface area contributed by atoms with E-state index in [1.807, 2.05) is 24.3 Å². The van der Waals surface area contributed by atoms with E-state index in [9.17, 15) is 13.2 Å². The molecule has 0 saturated carbocycles. The molecule has 2 aromatic carbocycles. The van der Waals surface area contributed by atoms with E-state index in [2.05, 4.69) is 4.72 Å². The van der Waals surface area contributed by atoms with Crippen LogP contribution in [0.3, 0.4) is 0 Å². The van der Waals surface area contributed by atoms with Crippen LogP contribution in [0.2, 0.25) is 5.02 Å². The highest BCUT2D eigenvalue weighted by Crippen LogP contribution is 2.24.